The highest BCUT2D eigenvalue weighted by Crippen LogP contribution is 2.25. The van der Waals surface area contributed by atoms with Crippen LogP contribution in [-0.4, -0.2) is 61.4 Å². The van der Waals surface area contributed by atoms with E-state index >= 15 is 0 Å². The van der Waals surface area contributed by atoms with Crippen LogP contribution in [0.25, 0.3) is 27.8 Å². The van der Waals surface area contributed by atoms with Gasteiger partial charge < -0.3 is 24.3 Å². The fourth-order valence-electron chi connectivity index (χ4n) is 4.70. The minimum atomic E-state index is -0.358. The number of fused-ring (bicyclic) bond motifs is 2. The highest BCUT2D eigenvalue weighted by atomic mass is 19.1. The van der Waals surface area contributed by atoms with Crippen LogP contribution in [0, 0.1) is 5.82 Å². The summed E-state index contributed by atoms with van der Waals surface area (Å²) >= 11 is 0. The number of carbonyl (C=O) groups is 1. The van der Waals surface area contributed by atoms with Crippen molar-refractivity contribution in [1.29, 1.82) is 0 Å². The van der Waals surface area contributed by atoms with Crippen LogP contribution >= 0.6 is 0 Å². The Hall–Kier alpha value is -4.24. The van der Waals surface area contributed by atoms with Gasteiger partial charge in [-0.3, -0.25) is 4.79 Å². The predicted octanol–water partition coefficient (Wildman–Crippen LogP) is 3.40. The number of hydrogen-bond donors (Lipinski definition) is 2. The number of rotatable bonds is 5. The number of aromatic amines is 1. The maximum absolute atomic E-state index is 14.4. The first kappa shape index (κ1) is 22.2. The second-order valence-electron chi connectivity index (χ2n) is 9.01. The van der Waals surface area contributed by atoms with Crippen molar-refractivity contribution in [1.82, 2.24) is 24.3 Å². The molecule has 4 heterocycles. The molecule has 36 heavy (non-hydrogen) atoms. The van der Waals surface area contributed by atoms with Gasteiger partial charge in [0.25, 0.3) is 0 Å². The lowest BCUT2D eigenvalue weighted by Gasteiger charge is -2.34. The molecule has 2 N–H and O–H groups in total. The standard InChI is InChI=1S/C27H25FN6O2/c28-22-7-5-18(17-35)13-21(22)19-6-8-25-29-20(16-34(25)15-19)14-26(36)32-9-11-33(12-10-32)27-30-23-3-1-2-4-24(23)31-27/h1-8,13,15-16,35H,9-12,14,17H2,(H,30,31). The van der Waals surface area contributed by atoms with Gasteiger partial charge in [-0.2, -0.15) is 0 Å². The zero-order chi connectivity index (χ0) is 24.6. The topological polar surface area (TPSA) is 89.8 Å². The number of H-pyrrole nitrogens is 1. The number of hydrogen-bond acceptors (Lipinski definition) is 5. The number of pyridine rings is 1. The lowest BCUT2D eigenvalue weighted by atomic mass is 10.0. The van der Waals surface area contributed by atoms with Crippen LogP contribution < -0.4 is 4.90 Å². The molecule has 1 aliphatic heterocycles. The number of halogens is 1. The van der Waals surface area contributed by atoms with Crippen molar-refractivity contribution in [3.8, 4) is 11.1 Å². The molecule has 0 bridgehead atoms. The summed E-state index contributed by atoms with van der Waals surface area (Å²) in [7, 11) is 0. The van der Waals surface area contributed by atoms with Gasteiger partial charge in [-0.1, -0.05) is 18.2 Å². The number of anilines is 1. The van der Waals surface area contributed by atoms with Gasteiger partial charge in [0.05, 0.1) is 29.8 Å². The van der Waals surface area contributed by atoms with Crippen molar-refractivity contribution in [3.05, 3.63) is 84.1 Å². The number of para-hydroxylation sites is 2. The summed E-state index contributed by atoms with van der Waals surface area (Å²) < 4.78 is 16.2. The molecule has 3 aromatic heterocycles. The van der Waals surface area contributed by atoms with Crippen molar-refractivity contribution in [3.63, 3.8) is 0 Å². The highest BCUT2D eigenvalue weighted by Gasteiger charge is 2.23. The van der Waals surface area contributed by atoms with Gasteiger partial charge in [0.1, 0.15) is 11.5 Å². The zero-order valence-electron chi connectivity index (χ0n) is 19.6. The summed E-state index contributed by atoms with van der Waals surface area (Å²) in [6.45, 7) is 2.50. The van der Waals surface area contributed by atoms with Crippen LogP contribution in [0.3, 0.4) is 0 Å². The molecule has 6 rings (SSSR count). The second kappa shape index (κ2) is 9.09. The van der Waals surface area contributed by atoms with E-state index in [2.05, 4.69) is 19.9 Å². The van der Waals surface area contributed by atoms with Crippen molar-refractivity contribution >= 4 is 28.5 Å². The smallest absolute Gasteiger partial charge is 0.228 e. The van der Waals surface area contributed by atoms with Crippen LogP contribution in [0.2, 0.25) is 0 Å². The number of carbonyl (C=O) groups excluding carboxylic acids is 1. The predicted molar refractivity (Wildman–Crippen MR) is 135 cm³/mol. The number of imidazole rings is 2. The lowest BCUT2D eigenvalue weighted by Crippen LogP contribution is -2.49. The molecule has 0 radical (unpaired) electrons. The number of nitrogens with zero attached hydrogens (tertiary/aromatic N) is 5. The van der Waals surface area contributed by atoms with E-state index in [1.54, 1.807) is 30.5 Å². The number of aliphatic hydroxyl groups is 1. The molecule has 182 valence electrons. The average Bonchev–Trinajstić information content (AvgIpc) is 3.52. The van der Waals surface area contributed by atoms with Crippen molar-refractivity contribution < 1.29 is 14.3 Å². The van der Waals surface area contributed by atoms with Gasteiger partial charge in [0.15, 0.2) is 0 Å². The SMILES string of the molecule is O=C(Cc1cn2cc(-c3cc(CO)ccc3F)ccc2n1)N1CCN(c2nc3ccccc3[nH]2)CC1. The van der Waals surface area contributed by atoms with Gasteiger partial charge >= 0.3 is 0 Å². The Bertz CT molecular complexity index is 1530. The van der Waals surface area contributed by atoms with E-state index in [-0.39, 0.29) is 24.8 Å². The Morgan fingerprint density at radius 2 is 1.83 bits per heavy atom. The number of nitrogens with one attached hydrogen (secondary N) is 1. The summed E-state index contributed by atoms with van der Waals surface area (Å²) in [6, 6.07) is 16.1. The fourth-order valence-corrected chi connectivity index (χ4v) is 4.70. The third-order valence-electron chi connectivity index (χ3n) is 6.67. The van der Waals surface area contributed by atoms with E-state index in [9.17, 15) is 14.3 Å². The first-order valence-electron chi connectivity index (χ1n) is 11.9. The van der Waals surface area contributed by atoms with E-state index in [0.717, 1.165) is 17.0 Å². The molecule has 0 unspecified atom stereocenters. The van der Waals surface area contributed by atoms with Gasteiger partial charge in [-0.15, -0.1) is 0 Å². The monoisotopic (exact) mass is 484 g/mol. The molecule has 0 spiro atoms. The first-order chi connectivity index (χ1) is 17.6. The van der Waals surface area contributed by atoms with Crippen LogP contribution in [0.4, 0.5) is 10.3 Å². The maximum atomic E-state index is 14.4. The molecular formula is C27H25FN6O2. The molecule has 1 saturated heterocycles. The third kappa shape index (κ3) is 4.18. The summed E-state index contributed by atoms with van der Waals surface area (Å²) in [4.78, 5) is 29.6. The molecule has 0 saturated carbocycles. The Morgan fingerprint density at radius 1 is 1.00 bits per heavy atom. The molecule has 0 atom stereocenters. The number of piperazine rings is 1. The highest BCUT2D eigenvalue weighted by molar-refractivity contribution is 5.79. The van der Waals surface area contributed by atoms with Crippen LogP contribution in [-0.2, 0) is 17.8 Å². The average molecular weight is 485 g/mol. The Morgan fingerprint density at radius 3 is 2.64 bits per heavy atom. The van der Waals surface area contributed by atoms with Gasteiger partial charge in [-0.25, -0.2) is 14.4 Å². The minimum absolute atomic E-state index is 0.0320. The van der Waals surface area contributed by atoms with Gasteiger partial charge in [0.2, 0.25) is 11.9 Å². The summed E-state index contributed by atoms with van der Waals surface area (Å²) in [5.41, 5.74) is 5.03. The Kier molecular flexibility index (Phi) is 5.61. The van der Waals surface area contributed by atoms with Crippen molar-refractivity contribution in [2.45, 2.75) is 13.0 Å². The van der Waals surface area contributed by atoms with Crippen LogP contribution in [0.15, 0.2) is 67.0 Å². The minimum Gasteiger partial charge on any atom is -0.392 e. The molecule has 1 amide bonds. The van der Waals surface area contributed by atoms with E-state index in [4.69, 9.17) is 0 Å². The largest absolute Gasteiger partial charge is 0.392 e. The van der Waals surface area contributed by atoms with E-state index in [0.29, 0.717) is 54.2 Å². The number of amides is 1. The number of aliphatic hydroxyl groups excluding tert-OH is 1. The van der Waals surface area contributed by atoms with E-state index in [1.165, 1.54) is 6.07 Å². The second-order valence-corrected chi connectivity index (χ2v) is 9.01. The lowest BCUT2D eigenvalue weighted by molar-refractivity contribution is -0.130. The molecule has 2 aromatic carbocycles. The Labute approximate surface area is 206 Å². The molecule has 1 aliphatic rings. The summed E-state index contributed by atoms with van der Waals surface area (Å²) in [5, 5.41) is 9.39. The van der Waals surface area contributed by atoms with Crippen molar-refractivity contribution in [2.24, 2.45) is 0 Å². The molecular weight excluding hydrogens is 459 g/mol. The number of aromatic nitrogens is 4. The summed E-state index contributed by atoms with van der Waals surface area (Å²) in [5.74, 6) is 0.508. The maximum Gasteiger partial charge on any atom is 0.228 e. The van der Waals surface area contributed by atoms with E-state index < -0.39 is 0 Å². The molecule has 8 nitrogen and oxygen atoms in total. The van der Waals surface area contributed by atoms with Crippen molar-refractivity contribution in [2.75, 3.05) is 31.1 Å². The third-order valence-corrected chi connectivity index (χ3v) is 6.67. The molecule has 0 aliphatic carbocycles. The quantitative estimate of drug-likeness (QED) is 0.399. The molecule has 9 heteroatoms. The molecule has 1 fully saturated rings. The van der Waals surface area contributed by atoms with Gasteiger partial charge in [-0.05, 0) is 42.0 Å². The van der Waals surface area contributed by atoms with Crippen LogP contribution in [0.5, 0.6) is 0 Å². The fraction of sp³-hybridized carbons (Fsp3) is 0.222. The zero-order valence-corrected chi connectivity index (χ0v) is 19.6. The van der Waals surface area contributed by atoms with E-state index in [1.807, 2.05) is 39.8 Å². The number of benzene rings is 2. The van der Waals surface area contributed by atoms with Crippen LogP contribution in [0.1, 0.15) is 11.3 Å². The van der Waals surface area contributed by atoms with Gasteiger partial charge in [0, 0.05) is 49.7 Å². The Balaban J connectivity index is 1.13. The molecule has 5 aromatic rings. The first-order valence-corrected chi connectivity index (χ1v) is 11.9. The summed E-state index contributed by atoms with van der Waals surface area (Å²) in [6.07, 6.45) is 3.81. The normalized spacial score (nSPS) is 14.2.